The van der Waals surface area contributed by atoms with Gasteiger partial charge in [-0.3, -0.25) is 9.58 Å². The Morgan fingerprint density at radius 3 is 2.81 bits per heavy atom. The zero-order chi connectivity index (χ0) is 10.8. The summed E-state index contributed by atoms with van der Waals surface area (Å²) in [6.07, 6.45) is 3.17. The molecule has 1 aliphatic heterocycles. The number of likely N-dealkylation sites (tertiary alicyclic amines) is 1. The van der Waals surface area contributed by atoms with Gasteiger partial charge in [0.05, 0.1) is 5.69 Å². The Balaban J connectivity index is 0.00000128. The second-order valence-corrected chi connectivity index (χ2v) is 4.66. The van der Waals surface area contributed by atoms with E-state index in [4.69, 9.17) is 5.73 Å². The van der Waals surface area contributed by atoms with Crippen molar-refractivity contribution in [2.75, 3.05) is 13.1 Å². The van der Waals surface area contributed by atoms with Gasteiger partial charge in [0.2, 0.25) is 0 Å². The van der Waals surface area contributed by atoms with E-state index in [2.05, 4.69) is 36.1 Å². The Labute approximate surface area is 103 Å². The SMILES string of the molecule is CC(C)n1ccc(CN2CC[C@@H](N)C2)n1.Cl. The first-order chi connectivity index (χ1) is 7.15. The van der Waals surface area contributed by atoms with Crippen molar-refractivity contribution in [3.8, 4) is 0 Å². The minimum atomic E-state index is 0. The topological polar surface area (TPSA) is 47.1 Å². The van der Waals surface area contributed by atoms with Crippen molar-refractivity contribution >= 4 is 12.4 Å². The third-order valence-electron chi connectivity index (χ3n) is 2.89. The first-order valence-corrected chi connectivity index (χ1v) is 5.67. The molecule has 0 amide bonds. The molecular formula is C11H21ClN4. The Kier molecular flexibility index (Phi) is 4.77. The fourth-order valence-corrected chi connectivity index (χ4v) is 1.98. The van der Waals surface area contributed by atoms with Crippen LogP contribution in [0.15, 0.2) is 12.3 Å². The molecule has 0 bridgehead atoms. The van der Waals surface area contributed by atoms with Gasteiger partial charge in [-0.1, -0.05) is 0 Å². The summed E-state index contributed by atoms with van der Waals surface area (Å²) in [7, 11) is 0. The molecule has 1 atom stereocenters. The highest BCUT2D eigenvalue weighted by Gasteiger charge is 2.19. The van der Waals surface area contributed by atoms with Gasteiger partial charge in [0, 0.05) is 37.9 Å². The van der Waals surface area contributed by atoms with Gasteiger partial charge in [-0.15, -0.1) is 12.4 Å². The average molecular weight is 245 g/mol. The maximum Gasteiger partial charge on any atom is 0.0764 e. The normalized spacial score (nSPS) is 21.4. The van der Waals surface area contributed by atoms with E-state index in [0.29, 0.717) is 12.1 Å². The third-order valence-corrected chi connectivity index (χ3v) is 2.89. The molecule has 1 fully saturated rings. The maximum absolute atomic E-state index is 5.86. The summed E-state index contributed by atoms with van der Waals surface area (Å²) in [5.41, 5.74) is 7.02. The minimum absolute atomic E-state index is 0. The molecule has 0 radical (unpaired) electrons. The molecule has 0 saturated carbocycles. The number of nitrogens with two attached hydrogens (primary N) is 1. The quantitative estimate of drug-likeness (QED) is 0.875. The van der Waals surface area contributed by atoms with Crippen molar-refractivity contribution in [1.82, 2.24) is 14.7 Å². The van der Waals surface area contributed by atoms with Crippen LogP contribution in [0.2, 0.25) is 0 Å². The van der Waals surface area contributed by atoms with E-state index >= 15 is 0 Å². The van der Waals surface area contributed by atoms with E-state index in [0.717, 1.165) is 31.7 Å². The number of hydrogen-bond donors (Lipinski definition) is 1. The van der Waals surface area contributed by atoms with Crippen LogP contribution in [0.4, 0.5) is 0 Å². The fraction of sp³-hybridized carbons (Fsp3) is 0.727. The number of nitrogens with zero attached hydrogens (tertiary/aromatic N) is 3. The molecule has 2 rings (SSSR count). The molecule has 2 heterocycles. The smallest absolute Gasteiger partial charge is 0.0764 e. The van der Waals surface area contributed by atoms with Crippen LogP contribution in [-0.2, 0) is 6.54 Å². The lowest BCUT2D eigenvalue weighted by Crippen LogP contribution is -2.26. The Hall–Kier alpha value is -0.580. The Bertz CT molecular complexity index is 324. The van der Waals surface area contributed by atoms with Gasteiger partial charge in [-0.05, 0) is 26.3 Å². The van der Waals surface area contributed by atoms with Crippen LogP contribution < -0.4 is 5.73 Å². The highest BCUT2D eigenvalue weighted by molar-refractivity contribution is 5.85. The summed E-state index contributed by atoms with van der Waals surface area (Å²) < 4.78 is 2.01. The standard InChI is InChI=1S/C11H20N4.ClH/c1-9(2)15-6-4-11(13-15)8-14-5-3-10(12)7-14;/h4,6,9-10H,3,5,7-8,12H2,1-2H3;1H/t10-;/m1./s1. The molecule has 16 heavy (non-hydrogen) atoms. The van der Waals surface area contributed by atoms with E-state index in [-0.39, 0.29) is 12.4 Å². The van der Waals surface area contributed by atoms with Crippen molar-refractivity contribution in [1.29, 1.82) is 0 Å². The first kappa shape index (κ1) is 13.5. The fourth-order valence-electron chi connectivity index (χ4n) is 1.98. The molecule has 1 aromatic rings. The van der Waals surface area contributed by atoms with Crippen LogP contribution in [0.25, 0.3) is 0 Å². The largest absolute Gasteiger partial charge is 0.326 e. The molecule has 92 valence electrons. The van der Waals surface area contributed by atoms with E-state index in [1.807, 2.05) is 4.68 Å². The van der Waals surface area contributed by atoms with Crippen LogP contribution in [0.5, 0.6) is 0 Å². The summed E-state index contributed by atoms with van der Waals surface area (Å²) in [5, 5.41) is 4.53. The van der Waals surface area contributed by atoms with Gasteiger partial charge in [0.25, 0.3) is 0 Å². The van der Waals surface area contributed by atoms with Crippen LogP contribution >= 0.6 is 12.4 Å². The van der Waals surface area contributed by atoms with Crippen molar-refractivity contribution in [3.63, 3.8) is 0 Å². The summed E-state index contributed by atoms with van der Waals surface area (Å²) in [6, 6.07) is 2.90. The molecule has 0 spiro atoms. The zero-order valence-corrected chi connectivity index (χ0v) is 10.8. The van der Waals surface area contributed by atoms with Crippen molar-refractivity contribution in [2.45, 2.75) is 38.9 Å². The molecule has 0 aromatic carbocycles. The second kappa shape index (κ2) is 5.66. The van der Waals surface area contributed by atoms with Crippen LogP contribution in [0.1, 0.15) is 32.0 Å². The van der Waals surface area contributed by atoms with Crippen LogP contribution in [0, 0.1) is 0 Å². The zero-order valence-electron chi connectivity index (χ0n) is 9.97. The van der Waals surface area contributed by atoms with Gasteiger partial charge >= 0.3 is 0 Å². The summed E-state index contributed by atoms with van der Waals surface area (Å²) in [5.74, 6) is 0. The molecule has 1 saturated heterocycles. The lowest BCUT2D eigenvalue weighted by Gasteiger charge is -2.13. The van der Waals surface area contributed by atoms with Crippen molar-refractivity contribution in [2.24, 2.45) is 5.73 Å². The van der Waals surface area contributed by atoms with Gasteiger partial charge in [0.1, 0.15) is 0 Å². The molecule has 5 heteroatoms. The molecule has 1 aromatic heterocycles. The summed E-state index contributed by atoms with van der Waals surface area (Å²) in [4.78, 5) is 2.37. The first-order valence-electron chi connectivity index (χ1n) is 5.67. The van der Waals surface area contributed by atoms with Crippen molar-refractivity contribution < 1.29 is 0 Å². The predicted molar refractivity (Wildman–Crippen MR) is 67.7 cm³/mol. The van der Waals surface area contributed by atoms with Crippen molar-refractivity contribution in [3.05, 3.63) is 18.0 Å². The average Bonchev–Trinajstić information content (AvgIpc) is 2.76. The third kappa shape index (κ3) is 3.20. The predicted octanol–water partition coefficient (Wildman–Crippen LogP) is 1.42. The Morgan fingerprint density at radius 2 is 2.31 bits per heavy atom. The lowest BCUT2D eigenvalue weighted by molar-refractivity contribution is 0.320. The molecular weight excluding hydrogens is 224 g/mol. The van der Waals surface area contributed by atoms with Gasteiger partial charge in [0.15, 0.2) is 0 Å². The van der Waals surface area contributed by atoms with E-state index in [1.54, 1.807) is 0 Å². The molecule has 4 nitrogen and oxygen atoms in total. The second-order valence-electron chi connectivity index (χ2n) is 4.66. The molecule has 2 N–H and O–H groups in total. The number of halogens is 1. The highest BCUT2D eigenvalue weighted by atomic mass is 35.5. The van der Waals surface area contributed by atoms with Gasteiger partial charge in [-0.25, -0.2) is 0 Å². The van der Waals surface area contributed by atoms with Gasteiger partial charge in [-0.2, -0.15) is 5.10 Å². The number of hydrogen-bond acceptors (Lipinski definition) is 3. The maximum atomic E-state index is 5.86. The van der Waals surface area contributed by atoms with E-state index < -0.39 is 0 Å². The number of aromatic nitrogens is 2. The molecule has 0 aliphatic carbocycles. The van der Waals surface area contributed by atoms with Crippen LogP contribution in [-0.4, -0.2) is 33.8 Å². The summed E-state index contributed by atoms with van der Waals surface area (Å²) in [6.45, 7) is 7.34. The van der Waals surface area contributed by atoms with Crippen LogP contribution in [0.3, 0.4) is 0 Å². The lowest BCUT2D eigenvalue weighted by atomic mass is 10.3. The van der Waals surface area contributed by atoms with E-state index in [9.17, 15) is 0 Å². The Morgan fingerprint density at radius 1 is 1.56 bits per heavy atom. The monoisotopic (exact) mass is 244 g/mol. The minimum Gasteiger partial charge on any atom is -0.326 e. The molecule has 1 aliphatic rings. The van der Waals surface area contributed by atoms with Gasteiger partial charge < -0.3 is 5.73 Å². The summed E-state index contributed by atoms with van der Waals surface area (Å²) >= 11 is 0. The molecule has 0 unspecified atom stereocenters. The highest BCUT2D eigenvalue weighted by Crippen LogP contribution is 2.12. The van der Waals surface area contributed by atoms with E-state index in [1.165, 1.54) is 0 Å². The number of rotatable bonds is 3.